The van der Waals surface area contributed by atoms with Crippen molar-refractivity contribution in [2.24, 2.45) is 5.73 Å². The number of hydrogen-bond acceptors (Lipinski definition) is 4. The number of amides is 2. The van der Waals surface area contributed by atoms with E-state index in [1.807, 2.05) is 0 Å². The van der Waals surface area contributed by atoms with Crippen LogP contribution in [0.15, 0.2) is 10.6 Å². The topological polar surface area (TPSA) is 98.2 Å². The monoisotopic (exact) mass is 277 g/mol. The molecule has 6 nitrogen and oxygen atoms in total. The first kappa shape index (κ1) is 13.1. The molecule has 0 radical (unpaired) electrons. The Morgan fingerprint density at radius 2 is 2.00 bits per heavy atom. The third-order valence-electron chi connectivity index (χ3n) is 4.28. The average molecular weight is 277 g/mol. The number of rotatable bonds is 4. The summed E-state index contributed by atoms with van der Waals surface area (Å²) in [5.74, 6) is -0.268. The second-order valence-corrected chi connectivity index (χ2v) is 5.85. The molecule has 2 saturated carbocycles. The largest absolute Gasteiger partial charge is 0.368 e. The van der Waals surface area contributed by atoms with Gasteiger partial charge < -0.3 is 15.6 Å². The van der Waals surface area contributed by atoms with Crippen LogP contribution in [0.2, 0.25) is 0 Å². The number of nitrogens with one attached hydrogen (secondary N) is 1. The van der Waals surface area contributed by atoms with Crippen LogP contribution in [-0.2, 0) is 4.79 Å². The van der Waals surface area contributed by atoms with E-state index in [2.05, 4.69) is 10.5 Å². The predicted octanol–water partition coefficient (Wildman–Crippen LogP) is 1.47. The van der Waals surface area contributed by atoms with E-state index >= 15 is 0 Å². The van der Waals surface area contributed by atoms with E-state index in [4.69, 9.17) is 10.3 Å². The zero-order chi connectivity index (χ0) is 14.2. The van der Waals surface area contributed by atoms with Gasteiger partial charge in [-0.05, 0) is 25.7 Å². The Labute approximate surface area is 117 Å². The van der Waals surface area contributed by atoms with Gasteiger partial charge in [-0.3, -0.25) is 9.59 Å². The molecule has 2 aliphatic carbocycles. The third kappa shape index (κ3) is 2.42. The summed E-state index contributed by atoms with van der Waals surface area (Å²) in [4.78, 5) is 24.0. The number of carbonyl (C=O) groups excluding carboxylic acids is 2. The maximum atomic E-state index is 12.2. The number of primary amides is 1. The Balaban J connectivity index is 1.73. The molecule has 1 aromatic heterocycles. The van der Waals surface area contributed by atoms with Crippen LogP contribution < -0.4 is 11.1 Å². The maximum absolute atomic E-state index is 12.2. The minimum atomic E-state index is -0.929. The molecule has 0 spiro atoms. The van der Waals surface area contributed by atoms with Gasteiger partial charge in [-0.25, -0.2) is 0 Å². The predicted molar refractivity (Wildman–Crippen MR) is 71.0 cm³/mol. The molecule has 0 atom stereocenters. The molecule has 2 fully saturated rings. The van der Waals surface area contributed by atoms with Crippen molar-refractivity contribution >= 4 is 11.8 Å². The smallest absolute Gasteiger partial charge is 0.290 e. The Morgan fingerprint density at radius 1 is 1.30 bits per heavy atom. The average Bonchev–Trinajstić information content (AvgIpc) is 3.17. The van der Waals surface area contributed by atoms with E-state index in [0.29, 0.717) is 18.8 Å². The van der Waals surface area contributed by atoms with Gasteiger partial charge in [0.1, 0.15) is 5.54 Å². The molecule has 1 heterocycles. The molecule has 2 amide bonds. The van der Waals surface area contributed by atoms with Crippen molar-refractivity contribution in [1.82, 2.24) is 10.5 Å². The van der Waals surface area contributed by atoms with Gasteiger partial charge in [0.05, 0.1) is 5.69 Å². The van der Waals surface area contributed by atoms with Gasteiger partial charge >= 0.3 is 0 Å². The van der Waals surface area contributed by atoms with Crippen LogP contribution in [0.1, 0.15) is 67.1 Å². The number of nitrogens with two attached hydrogens (primary N) is 1. The second-order valence-electron chi connectivity index (χ2n) is 5.85. The molecular weight excluding hydrogens is 258 g/mol. The van der Waals surface area contributed by atoms with Gasteiger partial charge in [0.25, 0.3) is 5.91 Å². The summed E-state index contributed by atoms with van der Waals surface area (Å²) in [7, 11) is 0. The Hall–Kier alpha value is -1.85. The zero-order valence-electron chi connectivity index (χ0n) is 11.4. The minimum Gasteiger partial charge on any atom is -0.368 e. The van der Waals surface area contributed by atoms with Crippen LogP contribution >= 0.6 is 0 Å². The Kier molecular flexibility index (Phi) is 3.23. The molecule has 0 aromatic carbocycles. The third-order valence-corrected chi connectivity index (χ3v) is 4.28. The molecule has 3 rings (SSSR count). The molecule has 20 heavy (non-hydrogen) atoms. The molecule has 0 saturated heterocycles. The number of aromatic nitrogens is 1. The van der Waals surface area contributed by atoms with Gasteiger partial charge in [0.15, 0.2) is 0 Å². The quantitative estimate of drug-likeness (QED) is 0.870. The van der Waals surface area contributed by atoms with Crippen molar-refractivity contribution in [3.8, 4) is 0 Å². The van der Waals surface area contributed by atoms with Crippen molar-refractivity contribution in [3.05, 3.63) is 17.5 Å². The molecule has 6 heteroatoms. The van der Waals surface area contributed by atoms with Crippen LogP contribution in [0.4, 0.5) is 0 Å². The molecule has 3 N–H and O–H groups in total. The molecule has 1 aromatic rings. The van der Waals surface area contributed by atoms with Crippen molar-refractivity contribution in [2.75, 3.05) is 0 Å². The lowest BCUT2D eigenvalue weighted by Gasteiger charge is -2.34. The highest BCUT2D eigenvalue weighted by Crippen LogP contribution is 2.39. The van der Waals surface area contributed by atoms with E-state index in [-0.39, 0.29) is 5.76 Å². The summed E-state index contributed by atoms with van der Waals surface area (Å²) in [6.07, 6.45) is 6.24. The first-order chi connectivity index (χ1) is 9.61. The molecule has 2 aliphatic rings. The van der Waals surface area contributed by atoms with Crippen LogP contribution in [0.5, 0.6) is 0 Å². The summed E-state index contributed by atoms with van der Waals surface area (Å²) in [6.45, 7) is 0. The lowest BCUT2D eigenvalue weighted by atomic mass is 9.81. The van der Waals surface area contributed by atoms with Gasteiger partial charge in [0.2, 0.25) is 11.7 Å². The highest BCUT2D eigenvalue weighted by molar-refractivity contribution is 5.97. The molecule has 0 unspecified atom stereocenters. The maximum Gasteiger partial charge on any atom is 0.290 e. The van der Waals surface area contributed by atoms with Crippen LogP contribution in [0.3, 0.4) is 0 Å². The van der Waals surface area contributed by atoms with E-state index in [1.165, 1.54) is 0 Å². The molecular formula is C14H19N3O3. The summed E-state index contributed by atoms with van der Waals surface area (Å²) < 4.78 is 5.08. The second kappa shape index (κ2) is 4.92. The van der Waals surface area contributed by atoms with Crippen LogP contribution in [0, 0.1) is 0 Å². The van der Waals surface area contributed by atoms with Crippen LogP contribution in [-0.4, -0.2) is 22.5 Å². The highest BCUT2D eigenvalue weighted by atomic mass is 16.5. The lowest BCUT2D eigenvalue weighted by molar-refractivity contribution is -0.125. The summed E-state index contributed by atoms with van der Waals surface area (Å²) in [5, 5.41) is 6.68. The zero-order valence-corrected chi connectivity index (χ0v) is 11.4. The Bertz CT molecular complexity index is 528. The normalized spacial score (nSPS) is 21.4. The first-order valence-corrected chi connectivity index (χ1v) is 7.20. The van der Waals surface area contributed by atoms with E-state index in [1.54, 1.807) is 6.07 Å². The molecule has 0 aliphatic heterocycles. The highest BCUT2D eigenvalue weighted by Gasteiger charge is 2.40. The fourth-order valence-corrected chi connectivity index (χ4v) is 2.83. The van der Waals surface area contributed by atoms with Crippen molar-refractivity contribution in [3.63, 3.8) is 0 Å². The standard InChI is InChI=1S/C14H19N3O3/c15-13(19)14(6-2-1-3-7-14)16-12(18)11-8-10(17-20-11)9-4-5-9/h8-9H,1-7H2,(H2,15,19)(H,16,18). The van der Waals surface area contributed by atoms with E-state index in [0.717, 1.165) is 37.8 Å². The Morgan fingerprint density at radius 3 is 2.60 bits per heavy atom. The molecule has 108 valence electrons. The summed E-state index contributed by atoms with van der Waals surface area (Å²) in [5.41, 5.74) is 5.39. The number of hydrogen-bond donors (Lipinski definition) is 2. The minimum absolute atomic E-state index is 0.165. The van der Waals surface area contributed by atoms with Crippen LogP contribution in [0.25, 0.3) is 0 Å². The van der Waals surface area contributed by atoms with Gasteiger partial charge in [-0.15, -0.1) is 0 Å². The van der Waals surface area contributed by atoms with Crippen molar-refractivity contribution in [1.29, 1.82) is 0 Å². The first-order valence-electron chi connectivity index (χ1n) is 7.20. The SMILES string of the molecule is NC(=O)C1(NC(=O)c2cc(C3CC3)no2)CCCCC1. The fourth-order valence-electron chi connectivity index (χ4n) is 2.83. The number of nitrogens with zero attached hydrogens (tertiary/aromatic N) is 1. The van der Waals surface area contributed by atoms with Crippen molar-refractivity contribution < 1.29 is 14.1 Å². The lowest BCUT2D eigenvalue weighted by Crippen LogP contribution is -2.58. The fraction of sp³-hybridized carbons (Fsp3) is 0.643. The number of carbonyl (C=O) groups is 2. The summed E-state index contributed by atoms with van der Waals surface area (Å²) in [6, 6.07) is 1.67. The van der Waals surface area contributed by atoms with Gasteiger partial charge in [-0.1, -0.05) is 24.4 Å². The summed E-state index contributed by atoms with van der Waals surface area (Å²) >= 11 is 0. The van der Waals surface area contributed by atoms with Gasteiger partial charge in [0, 0.05) is 12.0 Å². The van der Waals surface area contributed by atoms with Gasteiger partial charge in [-0.2, -0.15) is 0 Å². The van der Waals surface area contributed by atoms with Crippen molar-refractivity contribution in [2.45, 2.75) is 56.4 Å². The van der Waals surface area contributed by atoms with E-state index in [9.17, 15) is 9.59 Å². The van der Waals surface area contributed by atoms with E-state index < -0.39 is 17.4 Å². The molecule has 0 bridgehead atoms.